The molecule has 1 aromatic heterocycles. The van der Waals surface area contributed by atoms with Crippen molar-refractivity contribution < 1.29 is 17.9 Å². The zero-order valence-corrected chi connectivity index (χ0v) is 17.6. The molecule has 9 heteroatoms. The molecule has 1 aromatic carbocycles. The summed E-state index contributed by atoms with van der Waals surface area (Å²) in [5.41, 5.74) is 0.898. The molecule has 0 saturated carbocycles. The first-order valence-corrected chi connectivity index (χ1v) is 11.4. The second-order valence-corrected chi connectivity index (χ2v) is 10.6. The highest BCUT2D eigenvalue weighted by molar-refractivity contribution is 8.14. The number of amides is 1. The Hall–Kier alpha value is -1.38. The fraction of sp³-hybridized carbons (Fsp3) is 0.529. The number of halogens is 1. The second-order valence-electron chi connectivity index (χ2n) is 6.99. The standard InChI is InChI=1S/C17H23ClN2O4S2/c1-11-8-9-12(26(18,22)23)14-15(11)25-13(20-14)7-5-6-10-19-16(21)24-17(2,3)4/h8-9H,5-7,10H2,1-4H3,(H,19,21). The molecule has 1 amide bonds. The summed E-state index contributed by atoms with van der Waals surface area (Å²) in [5, 5.41) is 3.57. The van der Waals surface area contributed by atoms with Gasteiger partial charge < -0.3 is 10.1 Å². The number of alkyl carbamates (subject to hydrolysis) is 1. The third-order valence-electron chi connectivity index (χ3n) is 3.50. The van der Waals surface area contributed by atoms with Gasteiger partial charge in [-0.1, -0.05) is 6.07 Å². The average Bonchev–Trinajstić information content (AvgIpc) is 2.88. The van der Waals surface area contributed by atoms with Gasteiger partial charge in [-0.25, -0.2) is 18.2 Å². The molecule has 2 aromatic rings. The van der Waals surface area contributed by atoms with Gasteiger partial charge in [0.05, 0.1) is 9.71 Å². The Balaban J connectivity index is 1.94. The van der Waals surface area contributed by atoms with E-state index >= 15 is 0 Å². The Bertz CT molecular complexity index is 901. The van der Waals surface area contributed by atoms with Gasteiger partial charge in [0.2, 0.25) is 0 Å². The van der Waals surface area contributed by atoms with Gasteiger partial charge in [0.1, 0.15) is 16.0 Å². The van der Waals surface area contributed by atoms with E-state index in [1.807, 2.05) is 27.7 Å². The molecule has 1 N–H and O–H groups in total. The van der Waals surface area contributed by atoms with Crippen LogP contribution in [0.5, 0.6) is 0 Å². The van der Waals surface area contributed by atoms with Crippen LogP contribution >= 0.6 is 22.0 Å². The number of benzene rings is 1. The Labute approximate surface area is 162 Å². The highest BCUT2D eigenvalue weighted by Gasteiger charge is 2.19. The van der Waals surface area contributed by atoms with Crippen LogP contribution in [0.3, 0.4) is 0 Å². The average molecular weight is 419 g/mol. The van der Waals surface area contributed by atoms with Gasteiger partial charge in [0, 0.05) is 17.2 Å². The van der Waals surface area contributed by atoms with E-state index in [-0.39, 0.29) is 4.90 Å². The molecule has 0 unspecified atom stereocenters. The normalized spacial score (nSPS) is 12.3. The number of aromatic nitrogens is 1. The molecule has 0 atom stereocenters. The minimum atomic E-state index is -3.83. The van der Waals surface area contributed by atoms with E-state index in [0.717, 1.165) is 28.1 Å². The van der Waals surface area contributed by atoms with E-state index < -0.39 is 20.7 Å². The molecular weight excluding hydrogens is 396 g/mol. The number of hydrogen-bond acceptors (Lipinski definition) is 6. The lowest BCUT2D eigenvalue weighted by atomic mass is 10.2. The number of carbonyl (C=O) groups excluding carboxylic acids is 1. The number of unbranched alkanes of at least 4 members (excludes halogenated alkanes) is 1. The van der Waals surface area contributed by atoms with Crippen LogP contribution in [-0.2, 0) is 20.2 Å². The first-order chi connectivity index (χ1) is 12.0. The Kier molecular flexibility index (Phi) is 6.52. The predicted molar refractivity (Wildman–Crippen MR) is 105 cm³/mol. The Morgan fingerprint density at radius 3 is 2.62 bits per heavy atom. The topological polar surface area (TPSA) is 85.4 Å². The Morgan fingerprint density at radius 2 is 2.00 bits per heavy atom. The summed E-state index contributed by atoms with van der Waals surface area (Å²) in [4.78, 5) is 16.1. The SMILES string of the molecule is Cc1ccc(S(=O)(=O)Cl)c2nc(CCCCNC(=O)OC(C)(C)C)sc12. The van der Waals surface area contributed by atoms with Crippen molar-refractivity contribution in [2.45, 2.75) is 57.5 Å². The number of nitrogens with one attached hydrogen (secondary N) is 1. The molecule has 0 bridgehead atoms. The van der Waals surface area contributed by atoms with Crippen LogP contribution < -0.4 is 5.32 Å². The van der Waals surface area contributed by atoms with Gasteiger partial charge >= 0.3 is 6.09 Å². The molecule has 0 radical (unpaired) electrons. The van der Waals surface area contributed by atoms with Crippen LogP contribution in [0.4, 0.5) is 4.79 Å². The molecule has 26 heavy (non-hydrogen) atoms. The predicted octanol–water partition coefficient (Wildman–Crippen LogP) is 4.38. The van der Waals surface area contributed by atoms with Crippen LogP contribution in [0.2, 0.25) is 0 Å². The number of hydrogen-bond donors (Lipinski definition) is 1. The van der Waals surface area contributed by atoms with Gasteiger partial charge in [-0.3, -0.25) is 0 Å². The summed E-state index contributed by atoms with van der Waals surface area (Å²) >= 11 is 1.48. The van der Waals surface area contributed by atoms with Crippen molar-refractivity contribution in [1.29, 1.82) is 0 Å². The van der Waals surface area contributed by atoms with Gasteiger partial charge in [-0.2, -0.15) is 0 Å². The molecule has 2 rings (SSSR count). The molecule has 0 fully saturated rings. The maximum Gasteiger partial charge on any atom is 0.407 e. The van der Waals surface area contributed by atoms with Gasteiger partial charge in [-0.05, 0) is 58.6 Å². The zero-order chi connectivity index (χ0) is 19.5. The highest BCUT2D eigenvalue weighted by Crippen LogP contribution is 2.32. The summed E-state index contributed by atoms with van der Waals surface area (Å²) in [5.74, 6) is 0. The van der Waals surface area contributed by atoms with Gasteiger partial charge in [0.15, 0.2) is 0 Å². The fourth-order valence-corrected chi connectivity index (χ4v) is 4.51. The van der Waals surface area contributed by atoms with Crippen molar-refractivity contribution in [3.63, 3.8) is 0 Å². The van der Waals surface area contributed by atoms with Crippen LogP contribution in [0.1, 0.15) is 44.2 Å². The van der Waals surface area contributed by atoms with E-state index in [0.29, 0.717) is 18.5 Å². The minimum Gasteiger partial charge on any atom is -0.444 e. The van der Waals surface area contributed by atoms with Crippen LogP contribution in [-0.4, -0.2) is 31.6 Å². The van der Waals surface area contributed by atoms with Crippen LogP contribution in [0.25, 0.3) is 10.2 Å². The summed E-state index contributed by atoms with van der Waals surface area (Å²) < 4.78 is 29.4. The molecule has 144 valence electrons. The third-order valence-corrected chi connectivity index (χ3v) is 6.10. The molecule has 0 aliphatic rings. The number of nitrogens with zero attached hydrogens (tertiary/aromatic N) is 1. The summed E-state index contributed by atoms with van der Waals surface area (Å²) in [6.07, 6.45) is 1.87. The maximum atomic E-state index is 11.7. The molecule has 6 nitrogen and oxygen atoms in total. The molecule has 0 aliphatic heterocycles. The number of fused-ring (bicyclic) bond motifs is 1. The molecule has 1 heterocycles. The summed E-state index contributed by atoms with van der Waals surface area (Å²) in [6.45, 7) is 7.88. The maximum absolute atomic E-state index is 11.7. The first-order valence-electron chi connectivity index (χ1n) is 8.28. The van der Waals surface area contributed by atoms with Crippen molar-refractivity contribution in [2.75, 3.05) is 6.54 Å². The van der Waals surface area contributed by atoms with E-state index in [2.05, 4.69) is 10.3 Å². The van der Waals surface area contributed by atoms with E-state index in [4.69, 9.17) is 15.4 Å². The zero-order valence-electron chi connectivity index (χ0n) is 15.3. The lowest BCUT2D eigenvalue weighted by Crippen LogP contribution is -2.33. The van der Waals surface area contributed by atoms with Crippen molar-refractivity contribution in [1.82, 2.24) is 10.3 Å². The van der Waals surface area contributed by atoms with Gasteiger partial charge in [0.25, 0.3) is 9.05 Å². The van der Waals surface area contributed by atoms with Crippen LogP contribution in [0.15, 0.2) is 17.0 Å². The van der Waals surface area contributed by atoms with Crippen molar-refractivity contribution in [3.8, 4) is 0 Å². The number of thiazole rings is 1. The molecule has 0 spiro atoms. The molecule has 0 saturated heterocycles. The van der Waals surface area contributed by atoms with E-state index in [1.165, 1.54) is 17.4 Å². The quantitative estimate of drug-likeness (QED) is 0.555. The van der Waals surface area contributed by atoms with Crippen LogP contribution in [0, 0.1) is 6.92 Å². The summed E-state index contributed by atoms with van der Waals surface area (Å²) in [6, 6.07) is 3.23. The highest BCUT2D eigenvalue weighted by atomic mass is 35.7. The first kappa shape index (κ1) is 20.9. The number of aryl methyl sites for hydroxylation is 2. The van der Waals surface area contributed by atoms with Crippen molar-refractivity contribution in [2.24, 2.45) is 0 Å². The van der Waals surface area contributed by atoms with Crippen molar-refractivity contribution >= 4 is 47.4 Å². The van der Waals surface area contributed by atoms with E-state index in [1.54, 1.807) is 6.07 Å². The number of ether oxygens (including phenoxy) is 1. The third kappa shape index (κ3) is 5.82. The smallest absolute Gasteiger partial charge is 0.407 e. The van der Waals surface area contributed by atoms with E-state index in [9.17, 15) is 13.2 Å². The van der Waals surface area contributed by atoms with Crippen molar-refractivity contribution in [3.05, 3.63) is 22.7 Å². The monoisotopic (exact) mass is 418 g/mol. The lowest BCUT2D eigenvalue weighted by Gasteiger charge is -2.19. The largest absolute Gasteiger partial charge is 0.444 e. The second kappa shape index (κ2) is 8.10. The minimum absolute atomic E-state index is 0.0499. The lowest BCUT2D eigenvalue weighted by molar-refractivity contribution is 0.0527. The number of carbonyl (C=O) groups is 1. The fourth-order valence-electron chi connectivity index (χ4n) is 2.36. The molecule has 0 aliphatic carbocycles. The Morgan fingerprint density at radius 1 is 1.31 bits per heavy atom. The number of rotatable bonds is 6. The molecular formula is C17H23ClN2O4S2. The summed E-state index contributed by atoms with van der Waals surface area (Å²) in [7, 11) is 1.67. The van der Waals surface area contributed by atoms with Gasteiger partial charge in [-0.15, -0.1) is 11.3 Å².